The highest BCUT2D eigenvalue weighted by atomic mass is 16.2. The summed E-state index contributed by atoms with van der Waals surface area (Å²) in [6.07, 6.45) is 1.76. The summed E-state index contributed by atoms with van der Waals surface area (Å²) in [5, 5.41) is 3.05. The van der Waals surface area contributed by atoms with Crippen LogP contribution >= 0.6 is 0 Å². The van der Waals surface area contributed by atoms with E-state index >= 15 is 0 Å². The van der Waals surface area contributed by atoms with Gasteiger partial charge in [0, 0.05) is 17.9 Å². The van der Waals surface area contributed by atoms with Crippen LogP contribution in [-0.2, 0) is 9.59 Å². The number of nitrogens with one attached hydrogen (secondary N) is 3. The predicted molar refractivity (Wildman–Crippen MR) is 125 cm³/mol. The Labute approximate surface area is 185 Å². The van der Waals surface area contributed by atoms with Gasteiger partial charge in [-0.05, 0) is 43.2 Å². The van der Waals surface area contributed by atoms with Gasteiger partial charge in [0.05, 0.1) is 0 Å². The molecule has 31 heavy (non-hydrogen) atoms. The van der Waals surface area contributed by atoms with Crippen molar-refractivity contribution < 1.29 is 19.4 Å². The molecule has 1 saturated heterocycles. The Morgan fingerprint density at radius 1 is 0.968 bits per heavy atom. The van der Waals surface area contributed by atoms with Crippen molar-refractivity contribution in [1.29, 1.82) is 0 Å². The van der Waals surface area contributed by atoms with Crippen molar-refractivity contribution in [1.82, 2.24) is 0 Å². The molecule has 0 bridgehead atoms. The van der Waals surface area contributed by atoms with E-state index in [0.29, 0.717) is 19.6 Å². The Morgan fingerprint density at radius 2 is 1.61 bits per heavy atom. The van der Waals surface area contributed by atoms with E-state index < -0.39 is 0 Å². The number of para-hydroxylation sites is 1. The average Bonchev–Trinajstić information content (AvgIpc) is 2.77. The van der Waals surface area contributed by atoms with E-state index in [1.165, 1.54) is 15.4 Å². The lowest BCUT2D eigenvalue weighted by molar-refractivity contribution is -1.00. The lowest BCUT2D eigenvalue weighted by Crippen LogP contribution is -3.28. The molecular weight excluding hydrogens is 388 g/mol. The molecule has 3 rings (SSSR count). The number of hydrogen-bond donors (Lipinski definition) is 3. The number of amides is 2. The van der Waals surface area contributed by atoms with Crippen molar-refractivity contribution in [2.24, 2.45) is 0 Å². The molecule has 6 heteroatoms. The van der Waals surface area contributed by atoms with E-state index in [2.05, 4.69) is 11.9 Å². The molecule has 1 aliphatic rings. The molecule has 1 heterocycles. The second kappa shape index (κ2) is 10.9. The first-order chi connectivity index (χ1) is 15.0. The number of hydrogen-bond acceptors (Lipinski definition) is 2. The minimum atomic E-state index is 0.0458. The Kier molecular flexibility index (Phi) is 7.98. The van der Waals surface area contributed by atoms with Crippen LogP contribution in [0.2, 0.25) is 0 Å². The monoisotopic (exact) mass is 422 g/mol. The minimum absolute atomic E-state index is 0.0458. The van der Waals surface area contributed by atoms with E-state index in [1.807, 2.05) is 62.4 Å². The van der Waals surface area contributed by atoms with Gasteiger partial charge in [0.1, 0.15) is 26.2 Å². The van der Waals surface area contributed by atoms with Gasteiger partial charge >= 0.3 is 0 Å². The molecule has 0 unspecified atom stereocenters. The lowest BCUT2D eigenvalue weighted by Gasteiger charge is -2.30. The normalized spacial score (nSPS) is 18.3. The summed E-state index contributed by atoms with van der Waals surface area (Å²) in [7, 11) is 0. The molecule has 0 atom stereocenters. The summed E-state index contributed by atoms with van der Waals surface area (Å²) in [5.74, 6) is 0.154. The summed E-state index contributed by atoms with van der Waals surface area (Å²) < 4.78 is 0. The molecule has 1 aliphatic heterocycles. The second-order valence-corrected chi connectivity index (χ2v) is 8.28. The molecule has 2 aromatic rings. The Bertz CT molecular complexity index is 905. The third-order valence-electron chi connectivity index (χ3n) is 6.04. The number of aryl methyl sites for hydroxylation is 1. The number of quaternary nitrogens is 2. The van der Waals surface area contributed by atoms with Crippen molar-refractivity contribution in [2.45, 2.75) is 13.8 Å². The van der Waals surface area contributed by atoms with E-state index in [-0.39, 0.29) is 11.8 Å². The van der Waals surface area contributed by atoms with Crippen molar-refractivity contribution in [3.05, 3.63) is 72.3 Å². The van der Waals surface area contributed by atoms with Gasteiger partial charge in [-0.15, -0.1) is 6.58 Å². The molecule has 2 amide bonds. The van der Waals surface area contributed by atoms with Crippen LogP contribution in [0, 0.1) is 13.8 Å². The van der Waals surface area contributed by atoms with Crippen LogP contribution in [0.15, 0.2) is 61.2 Å². The first kappa shape index (κ1) is 22.7. The van der Waals surface area contributed by atoms with Gasteiger partial charge in [-0.3, -0.25) is 9.59 Å². The molecule has 0 radical (unpaired) electrons. The van der Waals surface area contributed by atoms with Gasteiger partial charge in [0.2, 0.25) is 0 Å². The predicted octanol–water partition coefficient (Wildman–Crippen LogP) is 0.245. The summed E-state index contributed by atoms with van der Waals surface area (Å²) in [6, 6.07) is 15.7. The highest BCUT2D eigenvalue weighted by Gasteiger charge is 2.28. The number of piperazine rings is 1. The van der Waals surface area contributed by atoms with Gasteiger partial charge in [-0.1, -0.05) is 36.4 Å². The number of carbonyl (C=O) groups is 2. The number of rotatable bonds is 8. The molecule has 0 aliphatic carbocycles. The van der Waals surface area contributed by atoms with E-state index in [4.69, 9.17) is 0 Å². The van der Waals surface area contributed by atoms with Crippen molar-refractivity contribution >= 4 is 23.2 Å². The van der Waals surface area contributed by atoms with Crippen molar-refractivity contribution in [3.8, 4) is 0 Å². The van der Waals surface area contributed by atoms with Crippen LogP contribution in [0.5, 0.6) is 0 Å². The maximum atomic E-state index is 12.9. The van der Waals surface area contributed by atoms with Crippen LogP contribution in [0.4, 0.5) is 11.4 Å². The maximum Gasteiger partial charge on any atom is 0.282 e. The maximum absolute atomic E-state index is 12.9. The minimum Gasteiger partial charge on any atom is -0.321 e. The molecule has 164 valence electrons. The zero-order valence-corrected chi connectivity index (χ0v) is 18.6. The van der Waals surface area contributed by atoms with Crippen LogP contribution in [0.3, 0.4) is 0 Å². The summed E-state index contributed by atoms with van der Waals surface area (Å²) in [4.78, 5) is 29.8. The summed E-state index contributed by atoms with van der Waals surface area (Å²) >= 11 is 0. The summed E-state index contributed by atoms with van der Waals surface area (Å²) in [5.41, 5.74) is 4.08. The highest BCUT2D eigenvalue weighted by molar-refractivity contribution is 5.94. The topological polar surface area (TPSA) is 58.3 Å². The van der Waals surface area contributed by atoms with E-state index in [0.717, 1.165) is 43.1 Å². The van der Waals surface area contributed by atoms with Crippen LogP contribution in [0.25, 0.3) is 0 Å². The van der Waals surface area contributed by atoms with Gasteiger partial charge in [0.15, 0.2) is 13.1 Å². The number of nitrogens with zero attached hydrogens (tertiary/aromatic N) is 1. The first-order valence-corrected chi connectivity index (χ1v) is 11.0. The number of benzene rings is 2. The van der Waals surface area contributed by atoms with E-state index in [9.17, 15) is 9.59 Å². The number of anilines is 2. The van der Waals surface area contributed by atoms with Crippen LogP contribution < -0.4 is 20.0 Å². The third-order valence-corrected chi connectivity index (χ3v) is 6.04. The largest absolute Gasteiger partial charge is 0.321 e. The molecule has 0 saturated carbocycles. The van der Waals surface area contributed by atoms with Crippen LogP contribution in [-0.4, -0.2) is 57.6 Å². The fraction of sp³-hybridized carbons (Fsp3) is 0.360. The standard InChI is InChI=1S/C25H32N4O2/c1-4-13-29(22-10-6-5-7-11-22)25(31)19-28-16-14-27(15-17-28)18-24(30)26-23-12-8-9-20(2)21(23)3/h4-12H,1,13-19H2,2-3H3,(H,26,30)/p+2. The molecule has 3 N–H and O–H groups in total. The molecule has 6 nitrogen and oxygen atoms in total. The van der Waals surface area contributed by atoms with Crippen molar-refractivity contribution in [2.75, 3.05) is 56.0 Å². The summed E-state index contributed by atoms with van der Waals surface area (Å²) in [6.45, 7) is 12.8. The van der Waals surface area contributed by atoms with Crippen LogP contribution in [0.1, 0.15) is 11.1 Å². The van der Waals surface area contributed by atoms with Gasteiger partial charge in [-0.25, -0.2) is 0 Å². The Morgan fingerprint density at radius 3 is 2.26 bits per heavy atom. The van der Waals surface area contributed by atoms with E-state index in [1.54, 1.807) is 11.0 Å². The molecule has 0 spiro atoms. The van der Waals surface area contributed by atoms with Gasteiger partial charge < -0.3 is 20.0 Å². The average molecular weight is 423 g/mol. The Balaban J connectivity index is 1.47. The molecule has 2 aromatic carbocycles. The van der Waals surface area contributed by atoms with Crippen molar-refractivity contribution in [3.63, 3.8) is 0 Å². The molecular formula is C25H34N4O2+2. The highest BCUT2D eigenvalue weighted by Crippen LogP contribution is 2.17. The lowest BCUT2D eigenvalue weighted by atomic mass is 10.1. The molecule has 0 aromatic heterocycles. The smallest absolute Gasteiger partial charge is 0.282 e. The second-order valence-electron chi connectivity index (χ2n) is 8.28. The third kappa shape index (κ3) is 6.26. The zero-order chi connectivity index (χ0) is 22.2. The van der Waals surface area contributed by atoms with Gasteiger partial charge in [-0.2, -0.15) is 0 Å². The fourth-order valence-electron chi connectivity index (χ4n) is 4.02. The fourth-order valence-corrected chi connectivity index (χ4v) is 4.02. The SMILES string of the molecule is C=CCN(C(=O)C[NH+]1CC[NH+](CC(=O)Nc2cccc(C)c2C)CC1)c1ccccc1. The number of carbonyl (C=O) groups excluding carboxylic acids is 2. The molecule has 1 fully saturated rings. The zero-order valence-electron chi connectivity index (χ0n) is 18.6. The Hall–Kier alpha value is -2.96. The quantitative estimate of drug-likeness (QED) is 0.534. The van der Waals surface area contributed by atoms with Gasteiger partial charge in [0.25, 0.3) is 11.8 Å². The first-order valence-electron chi connectivity index (χ1n) is 11.0.